The Balaban J connectivity index is 1.97. The zero-order chi connectivity index (χ0) is 3.41. The maximum absolute atomic E-state index is 10.3. The molecule has 0 saturated heterocycles. The topological polar surface area (TPSA) is 19.9 Å². The first-order valence-corrected chi connectivity index (χ1v) is 0.915. The van der Waals surface area contributed by atoms with Gasteiger partial charge in [-0.15, -0.1) is 0 Å². The summed E-state index contributed by atoms with van der Waals surface area (Å²) < 4.78 is 10.3. The lowest BCUT2D eigenvalue weighted by atomic mass is 10.9. The largest absolute Gasteiger partial charge is 0.241 e. The Morgan fingerprint density at radius 1 is 2.00 bits per heavy atom. The van der Waals surface area contributed by atoms with Crippen LogP contribution in [-0.4, -0.2) is 6.61 Å². The third-order valence-corrected chi connectivity index (χ3v) is 0.0630. The second-order valence-corrected chi connectivity index (χ2v) is 0.321. The second-order valence-electron chi connectivity index (χ2n) is 0.321. The summed E-state index contributed by atoms with van der Waals surface area (Å²) in [6.45, 7) is -0.653. The van der Waals surface area contributed by atoms with E-state index in [2.05, 4.69) is 0 Å². The van der Waals surface area contributed by atoms with Crippen LogP contribution in [0.2, 0.25) is 0 Å². The highest BCUT2D eigenvalue weighted by Gasteiger charge is 1.67. The fourth-order valence-electron chi connectivity index (χ4n) is 0. The molecule has 0 fully saturated rings. The number of halogens is 1. The van der Waals surface area contributed by atoms with Crippen LogP contribution in [0.25, 0.3) is 0 Å². The van der Waals surface area contributed by atoms with Gasteiger partial charge in [-0.1, -0.05) is 0 Å². The first-order chi connectivity index (χ1) is 1.91. The van der Waals surface area contributed by atoms with Crippen molar-refractivity contribution >= 4 is 0 Å². The highest BCUT2D eigenvalue weighted by molar-refractivity contribution is 4.33. The molecule has 0 rings (SSSR count). The van der Waals surface area contributed by atoms with Crippen LogP contribution in [0.3, 0.4) is 0 Å². The van der Waals surface area contributed by atoms with Crippen LogP contribution in [-0.2, 0) is 5.11 Å². The summed E-state index contributed by atoms with van der Waals surface area (Å²) in [5.74, 6) is 0. The molecule has 0 aliphatic rings. The quantitative estimate of drug-likeness (QED) is 0.422. The van der Waals surface area contributed by atoms with Gasteiger partial charge in [-0.25, -0.2) is 9.50 Å². The summed E-state index contributed by atoms with van der Waals surface area (Å²) in [5.41, 5.74) is 0. The fraction of sp³-hybridized carbons (Fsp3) is 0.500. The van der Waals surface area contributed by atoms with Gasteiger partial charge in [0.25, 0.3) is 0 Å². The van der Waals surface area contributed by atoms with Gasteiger partial charge in [-0.3, -0.25) is 0 Å². The number of hydrogen-bond donors (Lipinski definition) is 0. The van der Waals surface area contributed by atoms with Gasteiger partial charge in [0.15, 0.2) is 6.67 Å². The lowest BCUT2D eigenvalue weighted by Gasteiger charge is -1.60. The molecule has 0 saturated carbocycles. The smallest absolute Gasteiger partial charge is 0.160 e. The minimum absolute atomic E-state index is 0.0694. The molecule has 0 N–H and O–H groups in total. The van der Waals surface area contributed by atoms with Crippen LogP contribution in [0.1, 0.15) is 0 Å². The second kappa shape index (κ2) is 2.89. The highest BCUT2D eigenvalue weighted by Crippen LogP contribution is 1.66. The molecule has 0 bridgehead atoms. The van der Waals surface area contributed by atoms with Crippen molar-refractivity contribution in [2.75, 3.05) is 6.61 Å². The number of hydrogen-bond acceptors (Lipinski definition) is 0. The molecule has 0 aromatic rings. The zero-order valence-corrected chi connectivity index (χ0v) is 2.07. The minimum Gasteiger partial charge on any atom is -0.241 e. The zero-order valence-electron chi connectivity index (χ0n) is 2.07. The summed E-state index contributed by atoms with van der Waals surface area (Å²) in [5, 5.41) is 8.87. The van der Waals surface area contributed by atoms with E-state index in [0.29, 0.717) is 0 Å². The molecule has 0 unspecified atom stereocenters. The lowest BCUT2D eigenvalue weighted by Crippen LogP contribution is -1.65. The van der Waals surface area contributed by atoms with Crippen LogP contribution in [0.15, 0.2) is 0 Å². The van der Waals surface area contributed by atoms with E-state index in [1.165, 1.54) is 0 Å². The standard InChI is InChI=1S/C2H3FO/c3-1-2-4/h1H,2H2. The first kappa shape index (κ1) is 3.89. The maximum Gasteiger partial charge on any atom is 0.160 e. The predicted octanol–water partition coefficient (Wildman–Crippen LogP) is 0.548. The van der Waals surface area contributed by atoms with E-state index in [9.17, 15) is 4.39 Å². The normalized spacial score (nSPS) is 7.50. The van der Waals surface area contributed by atoms with Gasteiger partial charge < -0.3 is 0 Å². The Bertz CT molecular complexity index is 8.00. The van der Waals surface area contributed by atoms with Crippen molar-refractivity contribution in [3.63, 3.8) is 0 Å². The molecule has 1 nitrogen and oxygen atoms in total. The van der Waals surface area contributed by atoms with E-state index in [4.69, 9.17) is 5.11 Å². The molecule has 0 aromatic carbocycles. The molecule has 2 heteroatoms. The van der Waals surface area contributed by atoms with Crippen molar-refractivity contribution in [3.05, 3.63) is 6.67 Å². The van der Waals surface area contributed by atoms with Gasteiger partial charge in [0, 0.05) is 0 Å². The predicted molar refractivity (Wildman–Crippen MR) is 11.0 cm³/mol. The molecular weight excluding hydrogens is 59.0 g/mol. The molecule has 2 radical (unpaired) electrons. The monoisotopic (exact) mass is 62.0 g/mol. The van der Waals surface area contributed by atoms with Gasteiger partial charge >= 0.3 is 0 Å². The van der Waals surface area contributed by atoms with E-state index >= 15 is 0 Å². The van der Waals surface area contributed by atoms with Gasteiger partial charge in [0.05, 0.1) is 0 Å². The summed E-state index contributed by atoms with van der Waals surface area (Å²) in [6, 6.07) is 0. The third-order valence-electron chi connectivity index (χ3n) is 0.0630. The van der Waals surface area contributed by atoms with Crippen LogP contribution < -0.4 is 0 Å². The molecule has 0 atom stereocenters. The van der Waals surface area contributed by atoms with Gasteiger partial charge in [0.1, 0.15) is 6.61 Å². The van der Waals surface area contributed by atoms with Crippen LogP contribution in [0.4, 0.5) is 4.39 Å². The van der Waals surface area contributed by atoms with Crippen molar-refractivity contribution in [1.82, 2.24) is 0 Å². The van der Waals surface area contributed by atoms with Crippen LogP contribution in [0.5, 0.6) is 0 Å². The third kappa shape index (κ3) is 1.89. The molecule has 0 aromatic heterocycles. The lowest BCUT2D eigenvalue weighted by molar-refractivity contribution is 0.197. The van der Waals surface area contributed by atoms with E-state index in [0.717, 1.165) is 0 Å². The summed E-state index contributed by atoms with van der Waals surface area (Å²) in [6.07, 6.45) is 0. The average Bonchev–Trinajstić information content (AvgIpc) is 1.37. The van der Waals surface area contributed by atoms with E-state index < -0.39 is 6.61 Å². The Kier molecular flexibility index (Phi) is 2.81. The van der Waals surface area contributed by atoms with Crippen molar-refractivity contribution in [3.8, 4) is 0 Å². The highest BCUT2D eigenvalue weighted by atomic mass is 19.1. The van der Waals surface area contributed by atoms with Crippen molar-refractivity contribution < 1.29 is 9.50 Å². The van der Waals surface area contributed by atoms with Gasteiger partial charge in [0.2, 0.25) is 0 Å². The Hall–Kier alpha value is -0.110. The average molecular weight is 62.0 g/mol. The first-order valence-electron chi connectivity index (χ1n) is 0.915. The Labute approximate surface area is 24.1 Å². The number of rotatable bonds is 1. The van der Waals surface area contributed by atoms with Crippen molar-refractivity contribution in [2.45, 2.75) is 0 Å². The Morgan fingerprint density at radius 3 is 2.25 bits per heavy atom. The van der Waals surface area contributed by atoms with E-state index in [1.807, 2.05) is 0 Å². The van der Waals surface area contributed by atoms with E-state index in [1.54, 1.807) is 0 Å². The van der Waals surface area contributed by atoms with Crippen molar-refractivity contribution in [2.24, 2.45) is 0 Å². The molecule has 24 valence electrons. The summed E-state index contributed by atoms with van der Waals surface area (Å²) >= 11 is 0. The SMILES string of the molecule is [O]C[CH]F. The van der Waals surface area contributed by atoms with Crippen LogP contribution in [0, 0.1) is 6.67 Å². The van der Waals surface area contributed by atoms with Crippen LogP contribution >= 0.6 is 0 Å². The van der Waals surface area contributed by atoms with Gasteiger partial charge in [-0.2, -0.15) is 0 Å². The molecule has 0 spiro atoms. The molecule has 0 amide bonds. The molecule has 0 aliphatic carbocycles. The minimum atomic E-state index is -0.722. The molecule has 4 heavy (non-hydrogen) atoms. The molecular formula is C2H3FO. The van der Waals surface area contributed by atoms with E-state index in [-0.39, 0.29) is 6.67 Å². The summed E-state index contributed by atoms with van der Waals surface area (Å²) in [7, 11) is 0. The molecule has 0 heterocycles. The fourth-order valence-corrected chi connectivity index (χ4v) is 0. The van der Waals surface area contributed by atoms with Crippen molar-refractivity contribution in [1.29, 1.82) is 0 Å². The summed E-state index contributed by atoms with van der Waals surface area (Å²) in [4.78, 5) is 0. The maximum atomic E-state index is 10.3. The molecule has 0 aliphatic heterocycles. The van der Waals surface area contributed by atoms with Gasteiger partial charge in [-0.05, 0) is 0 Å². The Morgan fingerprint density at radius 2 is 2.25 bits per heavy atom.